The number of carbonyl (C=O) groups is 1. The van der Waals surface area contributed by atoms with E-state index in [0.717, 1.165) is 44.3 Å². The van der Waals surface area contributed by atoms with Crippen LogP contribution in [-0.4, -0.2) is 18.2 Å². The summed E-state index contributed by atoms with van der Waals surface area (Å²) >= 11 is 7.74. The minimum atomic E-state index is -0.108. The van der Waals surface area contributed by atoms with Crippen LogP contribution in [0.1, 0.15) is 32.6 Å². The maximum absolute atomic E-state index is 12.9. The first kappa shape index (κ1) is 22.5. The van der Waals surface area contributed by atoms with Crippen LogP contribution < -0.4 is 5.32 Å². The number of aryl methyl sites for hydroxylation is 1. The molecule has 3 nitrogen and oxygen atoms in total. The van der Waals surface area contributed by atoms with Gasteiger partial charge in [0.05, 0.1) is 11.4 Å². The molecule has 0 saturated heterocycles. The van der Waals surface area contributed by atoms with Crippen LogP contribution in [0.25, 0.3) is 0 Å². The summed E-state index contributed by atoms with van der Waals surface area (Å²) in [5, 5.41) is 3.72. The van der Waals surface area contributed by atoms with Crippen LogP contribution in [0.3, 0.4) is 0 Å². The highest BCUT2D eigenvalue weighted by Gasteiger charge is 2.20. The first-order chi connectivity index (χ1) is 16.6. The van der Waals surface area contributed by atoms with Crippen LogP contribution in [0.2, 0.25) is 5.02 Å². The summed E-state index contributed by atoms with van der Waals surface area (Å²) < 4.78 is 0. The van der Waals surface area contributed by atoms with Crippen LogP contribution in [0.15, 0.2) is 106 Å². The third kappa shape index (κ3) is 4.93. The van der Waals surface area contributed by atoms with E-state index in [0.29, 0.717) is 17.1 Å². The van der Waals surface area contributed by atoms with Gasteiger partial charge in [-0.3, -0.25) is 4.79 Å². The molecular formula is C29H23ClN2OS. The van der Waals surface area contributed by atoms with Gasteiger partial charge >= 0.3 is 0 Å². The van der Waals surface area contributed by atoms with Gasteiger partial charge in [-0.15, -0.1) is 0 Å². The lowest BCUT2D eigenvalue weighted by atomic mass is 10.0. The van der Waals surface area contributed by atoms with Gasteiger partial charge in [0.15, 0.2) is 0 Å². The SMILES string of the molecule is Cc1cccc(C2=Nc3cc(C(=O)NCCc4cccc(Cl)c4)ccc3Sc3ccccc32)c1. The van der Waals surface area contributed by atoms with Crippen molar-refractivity contribution in [3.05, 3.63) is 124 Å². The van der Waals surface area contributed by atoms with Crippen molar-refractivity contribution >= 4 is 40.7 Å². The lowest BCUT2D eigenvalue weighted by molar-refractivity contribution is 0.0954. The second-order valence-electron chi connectivity index (χ2n) is 8.25. The van der Waals surface area contributed by atoms with E-state index in [1.807, 2.05) is 54.6 Å². The number of carbonyl (C=O) groups excluding carboxylic acids is 1. The highest BCUT2D eigenvalue weighted by atomic mass is 35.5. The highest BCUT2D eigenvalue weighted by molar-refractivity contribution is 7.99. The molecule has 1 aliphatic rings. The van der Waals surface area contributed by atoms with Crippen molar-refractivity contribution in [3.63, 3.8) is 0 Å². The Bertz CT molecular complexity index is 1410. The van der Waals surface area contributed by atoms with Crippen LogP contribution in [-0.2, 0) is 6.42 Å². The van der Waals surface area contributed by atoms with E-state index in [2.05, 4.69) is 48.6 Å². The van der Waals surface area contributed by atoms with Gasteiger partial charge in [0.25, 0.3) is 5.91 Å². The minimum Gasteiger partial charge on any atom is -0.352 e. The predicted octanol–water partition coefficient (Wildman–Crippen LogP) is 7.25. The number of nitrogens with one attached hydrogen (secondary N) is 1. The number of rotatable bonds is 5. The van der Waals surface area contributed by atoms with Crippen LogP contribution in [0.4, 0.5) is 5.69 Å². The van der Waals surface area contributed by atoms with E-state index in [1.54, 1.807) is 11.8 Å². The van der Waals surface area contributed by atoms with E-state index in [-0.39, 0.29) is 5.91 Å². The molecule has 0 saturated carbocycles. The number of hydrogen-bond acceptors (Lipinski definition) is 3. The van der Waals surface area contributed by atoms with Gasteiger partial charge in [-0.25, -0.2) is 4.99 Å². The Morgan fingerprint density at radius 3 is 2.62 bits per heavy atom. The molecule has 0 fully saturated rings. The summed E-state index contributed by atoms with van der Waals surface area (Å²) in [4.78, 5) is 20.2. The molecular weight excluding hydrogens is 460 g/mol. The summed E-state index contributed by atoms with van der Waals surface area (Å²) in [6, 6.07) is 30.2. The zero-order chi connectivity index (χ0) is 23.5. The zero-order valence-electron chi connectivity index (χ0n) is 18.7. The minimum absolute atomic E-state index is 0.108. The zero-order valence-corrected chi connectivity index (χ0v) is 20.3. The smallest absolute Gasteiger partial charge is 0.251 e. The molecule has 4 aromatic rings. The molecule has 1 amide bonds. The van der Waals surface area contributed by atoms with Crippen LogP contribution in [0.5, 0.6) is 0 Å². The van der Waals surface area contributed by atoms with Crippen molar-refractivity contribution in [2.24, 2.45) is 4.99 Å². The predicted molar refractivity (Wildman–Crippen MR) is 141 cm³/mol. The number of aliphatic imine (C=N–C) groups is 1. The average Bonchev–Trinajstić information content (AvgIpc) is 3.00. The van der Waals surface area contributed by atoms with E-state index in [1.165, 1.54) is 5.56 Å². The molecule has 0 bridgehead atoms. The monoisotopic (exact) mass is 482 g/mol. The largest absolute Gasteiger partial charge is 0.352 e. The molecule has 5 rings (SSSR count). The number of fused-ring (bicyclic) bond motifs is 2. The molecule has 1 heterocycles. The Morgan fingerprint density at radius 2 is 1.76 bits per heavy atom. The second-order valence-corrected chi connectivity index (χ2v) is 9.77. The first-order valence-corrected chi connectivity index (χ1v) is 12.4. The van der Waals surface area contributed by atoms with E-state index >= 15 is 0 Å². The number of hydrogen-bond donors (Lipinski definition) is 1. The Labute approximate surface area is 208 Å². The van der Waals surface area contributed by atoms with Gasteiger partial charge in [0.2, 0.25) is 0 Å². The van der Waals surface area contributed by atoms with Gasteiger partial charge in [0.1, 0.15) is 0 Å². The Balaban J connectivity index is 1.44. The third-order valence-corrected chi connectivity index (χ3v) is 7.07. The molecule has 0 unspecified atom stereocenters. The van der Waals surface area contributed by atoms with Crippen molar-refractivity contribution < 1.29 is 4.79 Å². The molecule has 0 atom stereocenters. The Kier molecular flexibility index (Phi) is 6.52. The summed E-state index contributed by atoms with van der Waals surface area (Å²) in [6.45, 7) is 2.62. The maximum Gasteiger partial charge on any atom is 0.251 e. The average molecular weight is 483 g/mol. The quantitative estimate of drug-likeness (QED) is 0.286. The fourth-order valence-corrected chi connectivity index (χ4v) is 5.23. The molecule has 0 radical (unpaired) electrons. The summed E-state index contributed by atoms with van der Waals surface area (Å²) in [5.41, 5.74) is 6.77. The van der Waals surface area contributed by atoms with Gasteiger partial charge in [0, 0.05) is 38.0 Å². The number of benzene rings is 4. The summed E-state index contributed by atoms with van der Waals surface area (Å²) in [5.74, 6) is -0.108. The molecule has 1 aliphatic heterocycles. The lowest BCUT2D eigenvalue weighted by Crippen LogP contribution is -2.25. The fourth-order valence-electron chi connectivity index (χ4n) is 4.01. The number of halogens is 1. The molecule has 1 N–H and O–H groups in total. The molecule has 0 spiro atoms. The van der Waals surface area contributed by atoms with Crippen molar-refractivity contribution in [3.8, 4) is 0 Å². The second kappa shape index (κ2) is 9.88. The van der Waals surface area contributed by atoms with Crippen molar-refractivity contribution in [2.45, 2.75) is 23.1 Å². The normalized spacial score (nSPS) is 12.2. The van der Waals surface area contributed by atoms with Crippen molar-refractivity contribution in [1.82, 2.24) is 5.32 Å². The summed E-state index contributed by atoms with van der Waals surface area (Å²) in [6.07, 6.45) is 0.720. The Morgan fingerprint density at radius 1 is 0.912 bits per heavy atom. The molecule has 34 heavy (non-hydrogen) atoms. The topological polar surface area (TPSA) is 41.5 Å². The van der Waals surface area contributed by atoms with Crippen LogP contribution in [0, 0.1) is 6.92 Å². The fraction of sp³-hybridized carbons (Fsp3) is 0.103. The van der Waals surface area contributed by atoms with Gasteiger partial charge in [-0.2, -0.15) is 0 Å². The van der Waals surface area contributed by atoms with E-state index < -0.39 is 0 Å². The molecule has 5 heteroatoms. The van der Waals surface area contributed by atoms with Crippen molar-refractivity contribution in [2.75, 3.05) is 6.54 Å². The molecule has 0 aromatic heterocycles. The van der Waals surface area contributed by atoms with Gasteiger partial charge < -0.3 is 5.32 Å². The maximum atomic E-state index is 12.9. The lowest BCUT2D eigenvalue weighted by Gasteiger charge is -2.09. The molecule has 168 valence electrons. The third-order valence-electron chi connectivity index (χ3n) is 5.70. The summed E-state index contributed by atoms with van der Waals surface area (Å²) in [7, 11) is 0. The Hall–Kier alpha value is -3.34. The molecule has 0 aliphatic carbocycles. The van der Waals surface area contributed by atoms with E-state index in [9.17, 15) is 4.79 Å². The molecule has 4 aromatic carbocycles. The van der Waals surface area contributed by atoms with Gasteiger partial charge in [-0.1, -0.05) is 77.5 Å². The highest BCUT2D eigenvalue weighted by Crippen LogP contribution is 2.41. The van der Waals surface area contributed by atoms with Crippen LogP contribution >= 0.6 is 23.4 Å². The number of nitrogens with zero attached hydrogens (tertiary/aromatic N) is 1. The van der Waals surface area contributed by atoms with Gasteiger partial charge in [-0.05, 0) is 61.4 Å². The van der Waals surface area contributed by atoms with Crippen molar-refractivity contribution in [1.29, 1.82) is 0 Å². The number of amides is 1. The first-order valence-electron chi connectivity index (χ1n) is 11.2. The van der Waals surface area contributed by atoms with E-state index in [4.69, 9.17) is 16.6 Å². The standard InChI is InChI=1S/C29H23ClN2OS/c1-19-6-4-8-21(16-19)28-24-10-2-3-11-26(24)34-27-13-12-22(18-25(27)32-28)29(33)31-15-14-20-7-5-9-23(30)17-20/h2-13,16-18H,14-15H2,1H3,(H,31,33).